The van der Waals surface area contributed by atoms with Crippen molar-refractivity contribution in [2.45, 2.75) is 27.2 Å². The molecule has 0 aliphatic heterocycles. The molecule has 21 heavy (non-hydrogen) atoms. The Morgan fingerprint density at radius 2 is 1.95 bits per heavy atom. The zero-order valence-electron chi connectivity index (χ0n) is 13.2. The molecular weight excluding hydrogens is 262 g/mol. The number of aromatic nitrogens is 2. The Labute approximate surface area is 126 Å². The summed E-state index contributed by atoms with van der Waals surface area (Å²) in [5, 5.41) is 3.11. The number of rotatable bonds is 6. The predicted molar refractivity (Wildman–Crippen MR) is 86.7 cm³/mol. The Morgan fingerprint density at radius 3 is 2.62 bits per heavy atom. The van der Waals surface area contributed by atoms with Crippen LogP contribution in [0.1, 0.15) is 26.5 Å². The van der Waals surface area contributed by atoms with E-state index >= 15 is 0 Å². The summed E-state index contributed by atoms with van der Waals surface area (Å²) in [7, 11) is 1.87. The van der Waals surface area contributed by atoms with Crippen molar-refractivity contribution in [3.8, 4) is 17.1 Å². The minimum absolute atomic E-state index is 0.555. The van der Waals surface area contributed by atoms with E-state index in [1.165, 1.54) is 0 Å². The van der Waals surface area contributed by atoms with Crippen molar-refractivity contribution in [3.05, 3.63) is 36.0 Å². The van der Waals surface area contributed by atoms with E-state index in [1.807, 2.05) is 44.3 Å². The van der Waals surface area contributed by atoms with Crippen molar-refractivity contribution >= 4 is 5.82 Å². The zero-order valence-corrected chi connectivity index (χ0v) is 13.2. The minimum Gasteiger partial charge on any atom is -0.493 e. The number of ether oxygens (including phenoxy) is 1. The van der Waals surface area contributed by atoms with Crippen LogP contribution in [0.2, 0.25) is 0 Å². The maximum Gasteiger partial charge on any atom is 0.165 e. The first-order valence-corrected chi connectivity index (χ1v) is 7.42. The quantitative estimate of drug-likeness (QED) is 0.877. The molecule has 0 bridgehead atoms. The molecule has 0 amide bonds. The number of nitrogens with one attached hydrogen (secondary N) is 1. The summed E-state index contributed by atoms with van der Waals surface area (Å²) in [4.78, 5) is 9.27. The number of hydrogen-bond acceptors (Lipinski definition) is 4. The average molecular weight is 285 g/mol. The summed E-state index contributed by atoms with van der Waals surface area (Å²) in [5.74, 6) is 2.92. The summed E-state index contributed by atoms with van der Waals surface area (Å²) in [6, 6.07) is 9.91. The second-order valence-corrected chi connectivity index (χ2v) is 5.35. The lowest BCUT2D eigenvalue weighted by Crippen LogP contribution is -2.04. The topological polar surface area (TPSA) is 47.0 Å². The first-order valence-electron chi connectivity index (χ1n) is 7.42. The van der Waals surface area contributed by atoms with Crippen LogP contribution in [0, 0.1) is 5.92 Å². The van der Waals surface area contributed by atoms with Gasteiger partial charge < -0.3 is 10.1 Å². The summed E-state index contributed by atoms with van der Waals surface area (Å²) >= 11 is 0. The summed E-state index contributed by atoms with van der Waals surface area (Å²) < 4.78 is 5.69. The highest BCUT2D eigenvalue weighted by Gasteiger charge is 2.12. The van der Waals surface area contributed by atoms with Gasteiger partial charge in [0.05, 0.1) is 12.2 Å². The van der Waals surface area contributed by atoms with Crippen LogP contribution in [-0.2, 0) is 6.42 Å². The van der Waals surface area contributed by atoms with Crippen molar-refractivity contribution in [1.29, 1.82) is 0 Å². The number of anilines is 1. The molecule has 1 aromatic carbocycles. The van der Waals surface area contributed by atoms with Gasteiger partial charge in [0.2, 0.25) is 0 Å². The maximum absolute atomic E-state index is 5.69. The fourth-order valence-corrected chi connectivity index (χ4v) is 2.20. The molecule has 4 heteroatoms. The van der Waals surface area contributed by atoms with E-state index in [9.17, 15) is 0 Å². The smallest absolute Gasteiger partial charge is 0.165 e. The van der Waals surface area contributed by atoms with Crippen LogP contribution in [-0.4, -0.2) is 23.6 Å². The maximum atomic E-state index is 5.69. The van der Waals surface area contributed by atoms with Gasteiger partial charge in [0, 0.05) is 18.8 Å². The highest BCUT2D eigenvalue weighted by molar-refractivity contribution is 5.65. The van der Waals surface area contributed by atoms with Gasteiger partial charge in [-0.1, -0.05) is 26.0 Å². The molecule has 2 rings (SSSR count). The molecule has 0 saturated carbocycles. The highest BCUT2D eigenvalue weighted by atomic mass is 16.5. The van der Waals surface area contributed by atoms with Crippen LogP contribution in [0.3, 0.4) is 0 Å². The van der Waals surface area contributed by atoms with Crippen LogP contribution < -0.4 is 10.1 Å². The van der Waals surface area contributed by atoms with E-state index in [1.54, 1.807) is 0 Å². The third kappa shape index (κ3) is 3.94. The van der Waals surface area contributed by atoms with E-state index in [-0.39, 0.29) is 0 Å². The molecule has 1 aromatic heterocycles. The van der Waals surface area contributed by atoms with Crippen LogP contribution in [0.15, 0.2) is 30.3 Å². The Morgan fingerprint density at radius 1 is 1.19 bits per heavy atom. The summed E-state index contributed by atoms with van der Waals surface area (Å²) in [5.41, 5.74) is 1.98. The molecule has 0 saturated heterocycles. The molecule has 2 aromatic rings. The standard InChI is InChI=1S/C17H23N3O/c1-5-21-15-9-7-6-8-14(15)17-19-13(10-12(2)3)11-16(18-4)20-17/h6-9,11-12H,5,10H2,1-4H3,(H,18,19,20). The van der Waals surface area contributed by atoms with Gasteiger partial charge in [-0.25, -0.2) is 9.97 Å². The molecule has 0 radical (unpaired) electrons. The minimum atomic E-state index is 0.555. The molecule has 0 atom stereocenters. The molecule has 0 aliphatic carbocycles. The third-order valence-electron chi connectivity index (χ3n) is 3.08. The van der Waals surface area contributed by atoms with Crippen LogP contribution in [0.5, 0.6) is 5.75 Å². The summed E-state index contributed by atoms with van der Waals surface area (Å²) in [6.45, 7) is 6.98. The fourth-order valence-electron chi connectivity index (χ4n) is 2.20. The molecule has 0 unspecified atom stereocenters. The lowest BCUT2D eigenvalue weighted by Gasteiger charge is -2.12. The SMILES string of the molecule is CCOc1ccccc1-c1nc(CC(C)C)cc(NC)n1. The fraction of sp³-hybridized carbons (Fsp3) is 0.412. The number of para-hydroxylation sites is 1. The first kappa shape index (κ1) is 15.3. The highest BCUT2D eigenvalue weighted by Crippen LogP contribution is 2.28. The molecule has 1 N–H and O–H groups in total. The number of benzene rings is 1. The molecule has 0 aliphatic rings. The van der Waals surface area contributed by atoms with Crippen molar-refractivity contribution < 1.29 is 4.74 Å². The monoisotopic (exact) mass is 285 g/mol. The van der Waals surface area contributed by atoms with E-state index in [0.29, 0.717) is 18.3 Å². The van der Waals surface area contributed by atoms with Crippen LogP contribution in [0.4, 0.5) is 5.82 Å². The van der Waals surface area contributed by atoms with Gasteiger partial charge in [0.25, 0.3) is 0 Å². The Balaban J connectivity index is 2.47. The van der Waals surface area contributed by atoms with Gasteiger partial charge in [0.15, 0.2) is 5.82 Å². The van der Waals surface area contributed by atoms with Gasteiger partial charge in [-0.15, -0.1) is 0 Å². The Bertz CT molecular complexity index is 596. The van der Waals surface area contributed by atoms with Crippen molar-refractivity contribution in [3.63, 3.8) is 0 Å². The normalized spacial score (nSPS) is 10.7. The predicted octanol–water partition coefficient (Wildman–Crippen LogP) is 3.78. The number of hydrogen-bond donors (Lipinski definition) is 1. The molecule has 4 nitrogen and oxygen atoms in total. The van der Waals surface area contributed by atoms with Gasteiger partial charge in [-0.05, 0) is 31.4 Å². The van der Waals surface area contributed by atoms with Crippen LogP contribution in [0.25, 0.3) is 11.4 Å². The Hall–Kier alpha value is -2.10. The molecular formula is C17H23N3O. The van der Waals surface area contributed by atoms with Crippen molar-refractivity contribution in [2.24, 2.45) is 5.92 Å². The summed E-state index contributed by atoms with van der Waals surface area (Å²) in [6.07, 6.45) is 0.932. The molecule has 112 valence electrons. The van der Waals surface area contributed by atoms with E-state index < -0.39 is 0 Å². The second kappa shape index (κ2) is 7.07. The molecule has 0 fully saturated rings. The van der Waals surface area contributed by atoms with Gasteiger partial charge in [0.1, 0.15) is 11.6 Å². The van der Waals surface area contributed by atoms with Gasteiger partial charge in [-0.2, -0.15) is 0 Å². The van der Waals surface area contributed by atoms with Crippen molar-refractivity contribution in [1.82, 2.24) is 9.97 Å². The lowest BCUT2D eigenvalue weighted by molar-refractivity contribution is 0.341. The van der Waals surface area contributed by atoms with Crippen LogP contribution >= 0.6 is 0 Å². The lowest BCUT2D eigenvalue weighted by atomic mass is 10.1. The third-order valence-corrected chi connectivity index (χ3v) is 3.08. The molecule has 0 spiro atoms. The average Bonchev–Trinajstić information content (AvgIpc) is 2.47. The molecule has 1 heterocycles. The van der Waals surface area contributed by atoms with Crippen molar-refractivity contribution in [2.75, 3.05) is 19.0 Å². The van der Waals surface area contributed by atoms with E-state index in [4.69, 9.17) is 9.72 Å². The zero-order chi connectivity index (χ0) is 15.2. The van der Waals surface area contributed by atoms with E-state index in [2.05, 4.69) is 24.1 Å². The largest absolute Gasteiger partial charge is 0.493 e. The first-order chi connectivity index (χ1) is 10.1. The second-order valence-electron chi connectivity index (χ2n) is 5.35. The Kier molecular flexibility index (Phi) is 5.14. The van der Waals surface area contributed by atoms with Gasteiger partial charge in [-0.3, -0.25) is 0 Å². The number of nitrogens with zero attached hydrogens (tertiary/aromatic N) is 2. The van der Waals surface area contributed by atoms with E-state index in [0.717, 1.165) is 29.2 Å². The van der Waals surface area contributed by atoms with Gasteiger partial charge >= 0.3 is 0 Å².